The SMILES string of the molecule is Cc1cc(C)c(CNC(=O)c2cc3c(c(-c4cnc(N5CCN(C(=O)O)CC5)nc4)c2)OC2(CCCC2)C3)c(=O)[nH]1. The van der Waals surface area contributed by atoms with Gasteiger partial charge in [-0.1, -0.05) is 0 Å². The Morgan fingerprint density at radius 1 is 1.07 bits per heavy atom. The van der Waals surface area contributed by atoms with Gasteiger partial charge in [0.05, 0.1) is 0 Å². The summed E-state index contributed by atoms with van der Waals surface area (Å²) >= 11 is 0. The van der Waals surface area contributed by atoms with Crippen LogP contribution >= 0.6 is 0 Å². The smallest absolute Gasteiger partial charge is 0.407 e. The van der Waals surface area contributed by atoms with Gasteiger partial charge in [0, 0.05) is 79.5 Å². The lowest BCUT2D eigenvalue weighted by atomic mass is 9.93. The van der Waals surface area contributed by atoms with E-state index >= 15 is 0 Å². The quantitative estimate of drug-likeness (QED) is 0.433. The van der Waals surface area contributed by atoms with Gasteiger partial charge in [-0.05, 0) is 68.9 Å². The second kappa shape index (κ2) is 10.5. The van der Waals surface area contributed by atoms with Crippen molar-refractivity contribution < 1.29 is 19.4 Å². The summed E-state index contributed by atoms with van der Waals surface area (Å²) in [5.74, 6) is 1.05. The van der Waals surface area contributed by atoms with Gasteiger partial charge in [-0.25, -0.2) is 14.8 Å². The van der Waals surface area contributed by atoms with Crippen molar-refractivity contribution in [1.29, 1.82) is 0 Å². The predicted molar refractivity (Wildman–Crippen MR) is 153 cm³/mol. The van der Waals surface area contributed by atoms with Crippen molar-refractivity contribution in [2.45, 2.75) is 58.1 Å². The Morgan fingerprint density at radius 3 is 2.44 bits per heavy atom. The van der Waals surface area contributed by atoms with E-state index in [1.807, 2.05) is 36.9 Å². The molecule has 4 heterocycles. The number of hydrogen-bond acceptors (Lipinski definition) is 7. The first-order chi connectivity index (χ1) is 19.7. The van der Waals surface area contributed by atoms with E-state index in [0.29, 0.717) is 43.3 Å². The zero-order chi connectivity index (χ0) is 28.7. The van der Waals surface area contributed by atoms with E-state index in [1.165, 1.54) is 4.90 Å². The summed E-state index contributed by atoms with van der Waals surface area (Å²) < 4.78 is 6.62. The molecule has 1 saturated heterocycles. The van der Waals surface area contributed by atoms with Crippen LogP contribution in [0.3, 0.4) is 0 Å². The Balaban J connectivity index is 1.27. The predicted octanol–water partition coefficient (Wildman–Crippen LogP) is 3.43. The van der Waals surface area contributed by atoms with Gasteiger partial charge in [0.1, 0.15) is 11.4 Å². The molecule has 0 atom stereocenters. The summed E-state index contributed by atoms with van der Waals surface area (Å²) in [7, 11) is 0. The molecule has 1 aromatic carbocycles. The molecular formula is C30H34N6O5. The van der Waals surface area contributed by atoms with Crippen LogP contribution in [0.1, 0.15) is 58.4 Å². The molecule has 41 heavy (non-hydrogen) atoms. The number of carboxylic acid groups (broad SMARTS) is 1. The number of fused-ring (bicyclic) bond motifs is 1. The molecule has 2 aromatic heterocycles. The number of ether oxygens (including phenoxy) is 1. The highest BCUT2D eigenvalue weighted by molar-refractivity contribution is 5.96. The highest BCUT2D eigenvalue weighted by Gasteiger charge is 2.43. The van der Waals surface area contributed by atoms with Crippen LogP contribution in [0, 0.1) is 13.8 Å². The van der Waals surface area contributed by atoms with Crippen LogP contribution in [0.2, 0.25) is 0 Å². The second-order valence-corrected chi connectivity index (χ2v) is 11.3. The van der Waals surface area contributed by atoms with Gasteiger partial charge in [-0.2, -0.15) is 0 Å². The number of aryl methyl sites for hydroxylation is 2. The number of nitrogens with one attached hydrogen (secondary N) is 2. The Hall–Kier alpha value is -4.41. The van der Waals surface area contributed by atoms with Crippen molar-refractivity contribution in [3.8, 4) is 16.9 Å². The molecule has 3 N–H and O–H groups in total. The number of benzene rings is 1. The van der Waals surface area contributed by atoms with E-state index in [0.717, 1.165) is 65.8 Å². The summed E-state index contributed by atoms with van der Waals surface area (Å²) in [5.41, 5.74) is 4.71. The molecule has 1 saturated carbocycles. The fourth-order valence-electron chi connectivity index (χ4n) is 6.28. The molecule has 2 fully saturated rings. The van der Waals surface area contributed by atoms with Crippen LogP contribution in [-0.4, -0.2) is 68.7 Å². The first kappa shape index (κ1) is 26.8. The molecule has 0 bridgehead atoms. The van der Waals surface area contributed by atoms with E-state index < -0.39 is 6.09 Å². The standard InChI is InChI=1S/C30H34N6O5/c1-18-11-19(2)34-27(38)24(18)17-31-26(37)20-12-21-14-30(5-3-4-6-30)41-25(21)23(13-20)22-15-32-28(33-16-22)35-7-9-36(10-8-35)29(39)40/h11-13,15-16H,3-10,14,17H2,1-2H3,(H,31,37)(H,34,38)(H,39,40). The molecule has 0 unspecified atom stereocenters. The number of pyridine rings is 1. The highest BCUT2D eigenvalue weighted by atomic mass is 16.5. The lowest BCUT2D eigenvalue weighted by Gasteiger charge is -2.33. The Morgan fingerprint density at radius 2 is 1.78 bits per heavy atom. The van der Waals surface area contributed by atoms with Crippen LogP contribution in [0.4, 0.5) is 10.7 Å². The second-order valence-electron chi connectivity index (χ2n) is 11.3. The molecule has 6 rings (SSSR count). The number of carbonyl (C=O) groups is 2. The molecule has 0 radical (unpaired) electrons. The van der Waals surface area contributed by atoms with Crippen LogP contribution < -0.4 is 20.5 Å². The number of rotatable bonds is 5. The van der Waals surface area contributed by atoms with E-state index in [-0.39, 0.29) is 23.6 Å². The van der Waals surface area contributed by atoms with Crippen molar-refractivity contribution in [2.75, 3.05) is 31.1 Å². The minimum absolute atomic E-state index is 0.125. The van der Waals surface area contributed by atoms with Crippen molar-refractivity contribution in [2.24, 2.45) is 0 Å². The molecule has 3 aliphatic rings. The fourth-order valence-corrected chi connectivity index (χ4v) is 6.28. The molecule has 2 aliphatic heterocycles. The third-order valence-corrected chi connectivity index (χ3v) is 8.48. The number of piperazine rings is 1. The normalized spacial score (nSPS) is 17.4. The number of hydrogen-bond donors (Lipinski definition) is 3. The maximum atomic E-state index is 13.4. The van der Waals surface area contributed by atoms with E-state index in [2.05, 4.69) is 20.3 Å². The van der Waals surface area contributed by atoms with Crippen molar-refractivity contribution in [1.82, 2.24) is 25.2 Å². The summed E-state index contributed by atoms with van der Waals surface area (Å²) in [6, 6.07) is 5.62. The number of aromatic amines is 1. The lowest BCUT2D eigenvalue weighted by molar-refractivity contribution is 0.0950. The first-order valence-electron chi connectivity index (χ1n) is 14.1. The third kappa shape index (κ3) is 5.23. The van der Waals surface area contributed by atoms with Crippen LogP contribution in [0.25, 0.3) is 11.1 Å². The number of nitrogens with zero attached hydrogens (tertiary/aromatic N) is 4. The number of carbonyl (C=O) groups excluding carboxylic acids is 1. The molecular weight excluding hydrogens is 524 g/mol. The number of anilines is 1. The van der Waals surface area contributed by atoms with Crippen LogP contribution in [0.15, 0.2) is 35.4 Å². The minimum atomic E-state index is -0.917. The number of aromatic nitrogens is 3. The van der Waals surface area contributed by atoms with Gasteiger partial charge in [0.25, 0.3) is 11.5 Å². The zero-order valence-corrected chi connectivity index (χ0v) is 23.3. The van der Waals surface area contributed by atoms with Crippen LogP contribution in [-0.2, 0) is 13.0 Å². The minimum Gasteiger partial charge on any atom is -0.486 e. The Labute approximate surface area is 237 Å². The molecule has 1 spiro atoms. The van der Waals surface area contributed by atoms with Gasteiger partial charge >= 0.3 is 6.09 Å². The zero-order valence-electron chi connectivity index (χ0n) is 23.3. The van der Waals surface area contributed by atoms with E-state index in [9.17, 15) is 19.5 Å². The maximum absolute atomic E-state index is 13.4. The summed E-state index contributed by atoms with van der Waals surface area (Å²) in [4.78, 5) is 52.4. The van der Waals surface area contributed by atoms with Gasteiger partial charge in [-0.15, -0.1) is 0 Å². The summed E-state index contributed by atoms with van der Waals surface area (Å²) in [6.45, 7) is 5.66. The summed E-state index contributed by atoms with van der Waals surface area (Å²) in [5, 5.41) is 12.1. The molecule has 11 nitrogen and oxygen atoms in total. The molecule has 2 amide bonds. The molecule has 11 heteroatoms. The highest BCUT2D eigenvalue weighted by Crippen LogP contribution is 2.49. The average Bonchev–Trinajstić information content (AvgIpc) is 3.57. The van der Waals surface area contributed by atoms with Crippen LogP contribution in [0.5, 0.6) is 5.75 Å². The van der Waals surface area contributed by atoms with Gasteiger partial charge in [-0.3, -0.25) is 9.59 Å². The fraction of sp³-hybridized carbons (Fsp3) is 0.433. The van der Waals surface area contributed by atoms with E-state index in [1.54, 1.807) is 12.4 Å². The number of H-pyrrole nitrogens is 1. The van der Waals surface area contributed by atoms with Crippen molar-refractivity contribution in [3.63, 3.8) is 0 Å². The number of amides is 2. The maximum Gasteiger partial charge on any atom is 0.407 e. The Kier molecular flexibility index (Phi) is 6.88. The summed E-state index contributed by atoms with van der Waals surface area (Å²) in [6.07, 6.45) is 7.51. The van der Waals surface area contributed by atoms with Crippen molar-refractivity contribution in [3.05, 3.63) is 68.9 Å². The van der Waals surface area contributed by atoms with E-state index in [4.69, 9.17) is 4.74 Å². The van der Waals surface area contributed by atoms with Crippen molar-refractivity contribution >= 4 is 17.9 Å². The Bertz CT molecular complexity index is 1550. The monoisotopic (exact) mass is 558 g/mol. The van der Waals surface area contributed by atoms with Gasteiger partial charge in [0.15, 0.2) is 0 Å². The lowest BCUT2D eigenvalue weighted by Crippen LogP contribution is -2.48. The molecule has 1 aliphatic carbocycles. The first-order valence-corrected chi connectivity index (χ1v) is 14.1. The molecule has 214 valence electrons. The largest absolute Gasteiger partial charge is 0.486 e. The average molecular weight is 559 g/mol. The molecule has 3 aromatic rings. The van der Waals surface area contributed by atoms with Gasteiger partial charge < -0.3 is 29.9 Å². The van der Waals surface area contributed by atoms with Gasteiger partial charge in [0.2, 0.25) is 5.95 Å². The third-order valence-electron chi connectivity index (χ3n) is 8.48. The topological polar surface area (TPSA) is 141 Å².